The van der Waals surface area contributed by atoms with Crippen LogP contribution < -0.4 is 0 Å². The molecule has 4 aliphatic rings. The van der Waals surface area contributed by atoms with Crippen molar-refractivity contribution in [1.29, 1.82) is 0 Å². The van der Waals surface area contributed by atoms with E-state index in [1.807, 2.05) is 6.92 Å². The van der Waals surface area contributed by atoms with E-state index in [0.29, 0.717) is 31.3 Å². The second-order valence-electron chi connectivity index (χ2n) is 10.1. The van der Waals surface area contributed by atoms with Crippen molar-refractivity contribution in [2.45, 2.75) is 65.1 Å². The average Bonchev–Trinajstić information content (AvgIpc) is 3.41. The van der Waals surface area contributed by atoms with Crippen LogP contribution in [-0.2, 0) is 23.9 Å². The number of esters is 2. The van der Waals surface area contributed by atoms with Gasteiger partial charge in [-0.25, -0.2) is 0 Å². The molecule has 0 heterocycles. The zero-order valence-corrected chi connectivity index (χ0v) is 18.5. The Labute approximate surface area is 181 Å². The molecule has 4 aliphatic carbocycles. The summed E-state index contributed by atoms with van der Waals surface area (Å²) < 4.78 is 10.9. The van der Waals surface area contributed by atoms with Crippen LogP contribution in [0, 0.1) is 22.2 Å². The van der Waals surface area contributed by atoms with E-state index in [-0.39, 0.29) is 18.1 Å². The maximum absolute atomic E-state index is 13.4. The number of fused-ring (bicyclic) bond motifs is 1. The van der Waals surface area contributed by atoms with Crippen LogP contribution in [0.3, 0.4) is 0 Å². The number of Topliss-reactive ketones (excluding diaryl/α,β-unsaturated/α-hetero) is 1. The van der Waals surface area contributed by atoms with Crippen molar-refractivity contribution in [3.8, 4) is 0 Å². The molecule has 0 aromatic carbocycles. The Morgan fingerprint density at radius 1 is 1.26 bits per heavy atom. The number of hydrogen-bond donors (Lipinski definition) is 2. The maximum atomic E-state index is 13.4. The standard InChI is InChI=1S/C24H30O7/c1-6-21(4)7-8-24(29)16(11-21)18(27)19(28)20-22(5,12-30-13(2)25)17(31-14(3)26)9-15-10-23(15,20)24/h6,11,15,17,28-29H,1,7-10,12H2,2-5H3/t15-,17+,21-,22+,23-,24+/m0/s1. The van der Waals surface area contributed by atoms with Crippen LogP contribution >= 0.6 is 0 Å². The quantitative estimate of drug-likeness (QED) is 0.521. The summed E-state index contributed by atoms with van der Waals surface area (Å²) in [5, 5.41) is 23.2. The summed E-state index contributed by atoms with van der Waals surface area (Å²) in [5.74, 6) is -2.13. The number of ketones is 1. The lowest BCUT2D eigenvalue weighted by atomic mass is 9.51. The van der Waals surface area contributed by atoms with Gasteiger partial charge in [0.2, 0.25) is 5.78 Å². The molecule has 2 fully saturated rings. The summed E-state index contributed by atoms with van der Waals surface area (Å²) in [6.45, 7) is 9.94. The van der Waals surface area contributed by atoms with Crippen molar-refractivity contribution >= 4 is 17.7 Å². The molecule has 0 aromatic rings. The molecule has 2 N–H and O–H groups in total. The normalized spacial score (nSPS) is 43.1. The van der Waals surface area contributed by atoms with Crippen LogP contribution in [-0.4, -0.2) is 46.2 Å². The minimum absolute atomic E-state index is 0.0611. The first-order chi connectivity index (χ1) is 14.3. The minimum Gasteiger partial charge on any atom is -0.504 e. The third-order valence-corrected chi connectivity index (χ3v) is 8.06. The highest BCUT2D eigenvalue weighted by molar-refractivity contribution is 6.11. The summed E-state index contributed by atoms with van der Waals surface area (Å²) in [6.07, 6.45) is 4.79. The predicted octanol–water partition coefficient (Wildman–Crippen LogP) is 2.94. The van der Waals surface area contributed by atoms with Gasteiger partial charge in [-0.1, -0.05) is 19.1 Å². The van der Waals surface area contributed by atoms with Crippen LogP contribution in [0.4, 0.5) is 0 Å². The Morgan fingerprint density at radius 2 is 1.94 bits per heavy atom. The van der Waals surface area contributed by atoms with E-state index in [2.05, 4.69) is 6.58 Å². The summed E-state index contributed by atoms with van der Waals surface area (Å²) in [7, 11) is 0. The lowest BCUT2D eigenvalue weighted by Gasteiger charge is -2.55. The third kappa shape index (κ3) is 2.78. The molecular formula is C24H30O7. The van der Waals surface area contributed by atoms with Crippen LogP contribution in [0.1, 0.15) is 53.4 Å². The Hall–Kier alpha value is -2.41. The molecule has 0 aliphatic heterocycles. The first kappa shape index (κ1) is 21.8. The van der Waals surface area contributed by atoms with E-state index in [1.54, 1.807) is 19.1 Å². The van der Waals surface area contributed by atoms with Crippen molar-refractivity contribution in [3.05, 3.63) is 35.6 Å². The minimum atomic E-state index is -1.43. The van der Waals surface area contributed by atoms with E-state index in [4.69, 9.17) is 9.47 Å². The first-order valence-electron chi connectivity index (χ1n) is 10.7. The van der Waals surface area contributed by atoms with Gasteiger partial charge in [0.1, 0.15) is 18.3 Å². The summed E-state index contributed by atoms with van der Waals surface area (Å²) >= 11 is 0. The molecule has 0 bridgehead atoms. The van der Waals surface area contributed by atoms with Crippen molar-refractivity contribution in [3.63, 3.8) is 0 Å². The van der Waals surface area contributed by atoms with E-state index in [1.165, 1.54) is 13.8 Å². The molecule has 0 saturated heterocycles. The Bertz CT molecular complexity index is 961. The zero-order valence-electron chi connectivity index (χ0n) is 18.5. The fraction of sp³-hybridized carbons (Fsp3) is 0.625. The number of rotatable bonds is 4. The number of carbonyl (C=O) groups excluding carboxylic acids is 3. The molecule has 31 heavy (non-hydrogen) atoms. The molecule has 4 rings (SSSR count). The molecule has 2 saturated carbocycles. The number of allylic oxidation sites excluding steroid dienone is 3. The lowest BCUT2D eigenvalue weighted by molar-refractivity contribution is -0.164. The lowest BCUT2D eigenvalue weighted by Crippen LogP contribution is -2.60. The molecule has 7 nitrogen and oxygen atoms in total. The molecule has 7 heteroatoms. The van der Waals surface area contributed by atoms with Gasteiger partial charge in [-0.05, 0) is 44.1 Å². The zero-order chi connectivity index (χ0) is 23.0. The number of hydrogen-bond acceptors (Lipinski definition) is 7. The van der Waals surface area contributed by atoms with Gasteiger partial charge in [0.05, 0.1) is 5.41 Å². The van der Waals surface area contributed by atoms with Crippen LogP contribution in [0.2, 0.25) is 0 Å². The maximum Gasteiger partial charge on any atom is 0.302 e. The van der Waals surface area contributed by atoms with Crippen molar-refractivity contribution in [2.24, 2.45) is 22.2 Å². The van der Waals surface area contributed by atoms with Gasteiger partial charge in [0.15, 0.2) is 5.76 Å². The molecular weight excluding hydrogens is 400 g/mol. The van der Waals surface area contributed by atoms with Crippen LogP contribution in [0.15, 0.2) is 35.6 Å². The highest BCUT2D eigenvalue weighted by Crippen LogP contribution is 2.77. The third-order valence-electron chi connectivity index (χ3n) is 8.06. The molecule has 1 spiro atoms. The molecule has 0 radical (unpaired) electrons. The molecule has 0 aromatic heterocycles. The molecule has 168 valence electrons. The van der Waals surface area contributed by atoms with Gasteiger partial charge in [-0.3, -0.25) is 14.4 Å². The molecule has 0 unspecified atom stereocenters. The second-order valence-corrected chi connectivity index (χ2v) is 10.1. The Kier molecular flexibility index (Phi) is 4.60. The van der Waals surface area contributed by atoms with Gasteiger partial charge in [0.25, 0.3) is 0 Å². The number of aliphatic hydroxyl groups excluding tert-OH is 1. The molecule has 6 atom stereocenters. The van der Waals surface area contributed by atoms with Crippen molar-refractivity contribution in [1.82, 2.24) is 0 Å². The number of ether oxygens (including phenoxy) is 2. The van der Waals surface area contributed by atoms with E-state index in [9.17, 15) is 24.6 Å². The fourth-order valence-corrected chi connectivity index (χ4v) is 6.32. The highest BCUT2D eigenvalue weighted by atomic mass is 16.6. The van der Waals surface area contributed by atoms with Crippen molar-refractivity contribution in [2.75, 3.05) is 6.61 Å². The summed E-state index contributed by atoms with van der Waals surface area (Å²) in [6, 6.07) is 0. The summed E-state index contributed by atoms with van der Waals surface area (Å²) in [5.41, 5.74) is -3.29. The largest absolute Gasteiger partial charge is 0.504 e. The fourth-order valence-electron chi connectivity index (χ4n) is 6.32. The highest BCUT2D eigenvalue weighted by Gasteiger charge is 2.79. The van der Waals surface area contributed by atoms with Gasteiger partial charge >= 0.3 is 11.9 Å². The number of carbonyl (C=O) groups is 3. The monoisotopic (exact) mass is 430 g/mol. The Balaban J connectivity index is 1.92. The van der Waals surface area contributed by atoms with Gasteiger partial charge in [0, 0.05) is 30.3 Å². The smallest absolute Gasteiger partial charge is 0.302 e. The van der Waals surface area contributed by atoms with Crippen molar-refractivity contribution < 1.29 is 34.1 Å². The number of aliphatic hydroxyl groups is 2. The Morgan fingerprint density at radius 3 is 2.52 bits per heavy atom. The average molecular weight is 430 g/mol. The van der Waals surface area contributed by atoms with Gasteiger partial charge < -0.3 is 19.7 Å². The SMILES string of the molecule is C=C[C@]1(C)C=C2C(=O)C(O)=C3[C@](C)(COC(C)=O)[C@H](OC(C)=O)C[C@H]4C[C@@]34[C@@]2(O)CC1. The molecule has 0 amide bonds. The van der Waals surface area contributed by atoms with Gasteiger partial charge in [-0.15, -0.1) is 6.58 Å². The van der Waals surface area contributed by atoms with E-state index in [0.717, 1.165) is 0 Å². The topological polar surface area (TPSA) is 110 Å². The van der Waals surface area contributed by atoms with E-state index < -0.39 is 51.4 Å². The predicted molar refractivity (Wildman–Crippen MR) is 111 cm³/mol. The second kappa shape index (κ2) is 6.55. The van der Waals surface area contributed by atoms with Crippen LogP contribution in [0.5, 0.6) is 0 Å². The first-order valence-corrected chi connectivity index (χ1v) is 10.7. The van der Waals surface area contributed by atoms with Crippen LogP contribution in [0.25, 0.3) is 0 Å². The van der Waals surface area contributed by atoms with Gasteiger partial charge in [-0.2, -0.15) is 0 Å². The summed E-state index contributed by atoms with van der Waals surface area (Å²) in [4.78, 5) is 36.8. The van der Waals surface area contributed by atoms with E-state index >= 15 is 0 Å².